The van der Waals surface area contributed by atoms with Crippen molar-refractivity contribution in [3.63, 3.8) is 0 Å². The predicted molar refractivity (Wildman–Crippen MR) is 112 cm³/mol. The molecule has 158 valence electrons. The van der Waals surface area contributed by atoms with Crippen molar-refractivity contribution in [1.82, 2.24) is 9.55 Å². The minimum absolute atomic E-state index is 0.100. The van der Waals surface area contributed by atoms with Crippen molar-refractivity contribution in [3.8, 4) is 11.4 Å². The van der Waals surface area contributed by atoms with Crippen LogP contribution >= 0.6 is 0 Å². The van der Waals surface area contributed by atoms with Crippen molar-refractivity contribution < 1.29 is 19.4 Å². The van der Waals surface area contributed by atoms with Crippen LogP contribution in [0.15, 0.2) is 35.1 Å². The summed E-state index contributed by atoms with van der Waals surface area (Å²) in [7, 11) is 0. The van der Waals surface area contributed by atoms with Gasteiger partial charge in [-0.15, -0.1) is 0 Å². The van der Waals surface area contributed by atoms with Crippen LogP contribution in [0.4, 0.5) is 0 Å². The molecule has 8 nitrogen and oxygen atoms in total. The molecule has 4 heterocycles. The molecular weight excluding hydrogens is 398 g/mol. The highest BCUT2D eigenvalue weighted by Crippen LogP contribution is 2.38. The number of cyclic esters (lactones) is 1. The van der Waals surface area contributed by atoms with Gasteiger partial charge in [-0.3, -0.25) is 9.59 Å². The molecule has 0 saturated carbocycles. The van der Waals surface area contributed by atoms with Gasteiger partial charge < -0.3 is 20.1 Å². The number of amides is 1. The number of ether oxygens (including phenoxy) is 1. The molecule has 2 aromatic heterocycles. The number of aliphatic hydroxyl groups is 1. The Morgan fingerprint density at radius 3 is 2.87 bits per heavy atom. The first-order chi connectivity index (χ1) is 14.8. The van der Waals surface area contributed by atoms with Crippen LogP contribution in [0.5, 0.6) is 0 Å². The molecule has 0 bridgehead atoms. The molecule has 3 N–H and O–H groups in total. The minimum Gasteiger partial charge on any atom is -0.458 e. The third-order valence-corrected chi connectivity index (χ3v) is 6.28. The van der Waals surface area contributed by atoms with Crippen LogP contribution in [0.3, 0.4) is 0 Å². The number of nitrogens with zero attached hydrogens (tertiary/aromatic N) is 2. The van der Waals surface area contributed by atoms with Crippen LogP contribution in [-0.4, -0.2) is 26.5 Å². The van der Waals surface area contributed by atoms with Crippen LogP contribution in [0.2, 0.25) is 0 Å². The second-order valence-electron chi connectivity index (χ2n) is 8.05. The van der Waals surface area contributed by atoms with E-state index in [1.165, 1.54) is 0 Å². The number of carbonyl (C=O) groups is 2. The van der Waals surface area contributed by atoms with Gasteiger partial charge in [-0.05, 0) is 36.6 Å². The summed E-state index contributed by atoms with van der Waals surface area (Å²) >= 11 is 0. The van der Waals surface area contributed by atoms with Gasteiger partial charge in [-0.25, -0.2) is 9.78 Å². The zero-order chi connectivity index (χ0) is 21.9. The number of esters is 1. The summed E-state index contributed by atoms with van der Waals surface area (Å²) in [5.74, 6) is -1.11. The van der Waals surface area contributed by atoms with E-state index in [0.29, 0.717) is 35.5 Å². The second kappa shape index (κ2) is 6.75. The first-order valence-corrected chi connectivity index (χ1v) is 10.2. The number of fused-ring (bicyclic) bond motifs is 5. The second-order valence-corrected chi connectivity index (χ2v) is 8.05. The lowest BCUT2D eigenvalue weighted by Crippen LogP contribution is -2.44. The number of carbonyl (C=O) groups excluding carboxylic acids is 2. The first-order valence-electron chi connectivity index (χ1n) is 10.2. The highest BCUT2D eigenvalue weighted by molar-refractivity contribution is 5.88. The number of hydrogen-bond donors (Lipinski definition) is 2. The fourth-order valence-corrected chi connectivity index (χ4v) is 4.54. The van der Waals surface area contributed by atoms with Gasteiger partial charge in [0, 0.05) is 22.9 Å². The van der Waals surface area contributed by atoms with E-state index < -0.39 is 11.6 Å². The van der Waals surface area contributed by atoms with E-state index in [0.717, 1.165) is 22.0 Å². The lowest BCUT2D eigenvalue weighted by molar-refractivity contribution is -0.172. The van der Waals surface area contributed by atoms with E-state index in [2.05, 4.69) is 0 Å². The van der Waals surface area contributed by atoms with E-state index in [-0.39, 0.29) is 30.9 Å². The Balaban J connectivity index is 1.69. The number of primary amides is 1. The predicted octanol–water partition coefficient (Wildman–Crippen LogP) is 1.50. The van der Waals surface area contributed by atoms with Crippen LogP contribution in [-0.2, 0) is 39.5 Å². The Morgan fingerprint density at radius 1 is 1.32 bits per heavy atom. The molecule has 0 spiro atoms. The Morgan fingerprint density at radius 2 is 2.13 bits per heavy atom. The van der Waals surface area contributed by atoms with Crippen LogP contribution in [0, 0.1) is 0 Å². The standard InChI is InChI=1S/C23H21N3O5/c1-2-23(30)16-9-18-20-13(10-26(18)21(28)15(16)11-31-22(23)29)8-14-12(6-7-19(24)27)4-3-5-17(14)25-20/h3-5,8-9,30H,2,6-7,10-11H2,1H3,(H2,24,27). The molecule has 2 aliphatic heterocycles. The van der Waals surface area contributed by atoms with Gasteiger partial charge in [-0.2, -0.15) is 0 Å². The van der Waals surface area contributed by atoms with E-state index in [1.807, 2.05) is 24.3 Å². The monoisotopic (exact) mass is 419 g/mol. The Bertz CT molecular complexity index is 1340. The molecule has 0 radical (unpaired) electrons. The fraction of sp³-hybridized carbons (Fsp3) is 0.304. The summed E-state index contributed by atoms with van der Waals surface area (Å²) in [6.45, 7) is 1.86. The third-order valence-electron chi connectivity index (χ3n) is 6.28. The average Bonchev–Trinajstić information content (AvgIpc) is 3.11. The molecule has 0 fully saturated rings. The molecule has 1 unspecified atom stereocenters. The van der Waals surface area contributed by atoms with Crippen molar-refractivity contribution in [2.75, 3.05) is 0 Å². The summed E-state index contributed by atoms with van der Waals surface area (Å²) in [4.78, 5) is 41.5. The van der Waals surface area contributed by atoms with Gasteiger partial charge in [0.05, 0.1) is 29.0 Å². The van der Waals surface area contributed by atoms with Crippen LogP contribution in [0.1, 0.15) is 42.0 Å². The van der Waals surface area contributed by atoms with Gasteiger partial charge in [0.25, 0.3) is 5.56 Å². The van der Waals surface area contributed by atoms with Crippen molar-refractivity contribution in [2.24, 2.45) is 5.73 Å². The fourth-order valence-electron chi connectivity index (χ4n) is 4.54. The SMILES string of the molecule is CCC1(O)C(=O)OCc2c1cc1n(c2=O)Cc2cc3c(CCC(N)=O)cccc3nc2-1. The van der Waals surface area contributed by atoms with Crippen LogP contribution in [0.25, 0.3) is 22.3 Å². The first kappa shape index (κ1) is 19.4. The molecule has 31 heavy (non-hydrogen) atoms. The summed E-state index contributed by atoms with van der Waals surface area (Å²) in [6, 6.07) is 9.38. The zero-order valence-corrected chi connectivity index (χ0v) is 17.0. The molecule has 0 saturated heterocycles. The highest BCUT2D eigenvalue weighted by Gasteiger charge is 2.45. The van der Waals surface area contributed by atoms with Gasteiger partial charge in [0.1, 0.15) is 6.61 Å². The maximum Gasteiger partial charge on any atom is 0.343 e. The smallest absolute Gasteiger partial charge is 0.343 e. The molecular formula is C23H21N3O5. The van der Waals surface area contributed by atoms with Crippen molar-refractivity contribution in [2.45, 2.75) is 44.9 Å². The Kier molecular flexibility index (Phi) is 4.23. The maximum absolute atomic E-state index is 13.2. The largest absolute Gasteiger partial charge is 0.458 e. The number of pyridine rings is 2. The molecule has 1 atom stereocenters. The minimum atomic E-state index is -1.84. The van der Waals surface area contributed by atoms with Crippen molar-refractivity contribution in [3.05, 3.63) is 62.9 Å². The van der Waals surface area contributed by atoms with Gasteiger partial charge in [0.2, 0.25) is 5.91 Å². The Labute approximate surface area is 177 Å². The topological polar surface area (TPSA) is 125 Å². The lowest BCUT2D eigenvalue weighted by Gasteiger charge is -2.31. The number of nitrogens with two attached hydrogens (primary N) is 1. The lowest BCUT2D eigenvalue weighted by atomic mass is 9.86. The van der Waals surface area contributed by atoms with E-state index in [4.69, 9.17) is 15.5 Å². The van der Waals surface area contributed by atoms with Gasteiger partial charge >= 0.3 is 5.97 Å². The maximum atomic E-state index is 13.2. The molecule has 0 aliphatic carbocycles. The quantitative estimate of drug-likeness (QED) is 0.483. The molecule has 8 heteroatoms. The molecule has 1 amide bonds. The van der Waals surface area contributed by atoms with Crippen molar-refractivity contribution >= 4 is 22.8 Å². The third kappa shape index (κ3) is 2.79. The Hall–Kier alpha value is -3.52. The van der Waals surface area contributed by atoms with E-state index in [9.17, 15) is 19.5 Å². The van der Waals surface area contributed by atoms with Gasteiger partial charge in [0.15, 0.2) is 5.60 Å². The highest BCUT2D eigenvalue weighted by atomic mass is 16.6. The molecule has 1 aromatic carbocycles. The number of benzene rings is 1. The molecule has 3 aromatic rings. The summed E-state index contributed by atoms with van der Waals surface area (Å²) in [5.41, 5.74) is 7.57. The normalized spacial score (nSPS) is 19.0. The van der Waals surface area contributed by atoms with Crippen molar-refractivity contribution in [1.29, 1.82) is 0 Å². The summed E-state index contributed by atoms with van der Waals surface area (Å²) in [6.07, 6.45) is 0.854. The molecule has 5 rings (SSSR count). The number of aromatic nitrogens is 2. The number of hydrogen-bond acceptors (Lipinski definition) is 6. The summed E-state index contributed by atoms with van der Waals surface area (Å²) < 4.78 is 6.70. The molecule has 2 aliphatic rings. The zero-order valence-electron chi connectivity index (χ0n) is 17.0. The van der Waals surface area contributed by atoms with Gasteiger partial charge in [-0.1, -0.05) is 19.1 Å². The summed E-state index contributed by atoms with van der Waals surface area (Å²) in [5, 5.41) is 11.8. The van der Waals surface area contributed by atoms with E-state index in [1.54, 1.807) is 17.6 Å². The number of rotatable bonds is 4. The van der Waals surface area contributed by atoms with E-state index >= 15 is 0 Å². The number of aryl methyl sites for hydroxylation is 1. The van der Waals surface area contributed by atoms with Crippen LogP contribution < -0.4 is 11.3 Å². The average molecular weight is 419 g/mol.